The lowest BCUT2D eigenvalue weighted by Gasteiger charge is -2.23. The van der Waals surface area contributed by atoms with Crippen LogP contribution in [0.4, 0.5) is 11.6 Å². The fraction of sp³-hybridized carbons (Fsp3) is 0.286. The molecule has 1 amide bonds. The summed E-state index contributed by atoms with van der Waals surface area (Å²) in [6.45, 7) is 5.95. The Bertz CT molecular complexity index is 1690. The largest absolute Gasteiger partial charge is 0.348 e. The lowest BCUT2D eigenvalue weighted by atomic mass is 9.82. The lowest BCUT2D eigenvalue weighted by Crippen LogP contribution is -2.16. The monoisotopic (exact) mass is 477 g/mol. The molecule has 5 aromatic rings. The molecule has 0 saturated carbocycles. The fourth-order valence-corrected chi connectivity index (χ4v) is 6.08. The first kappa shape index (κ1) is 21.1. The molecule has 0 unspecified atom stereocenters. The number of aromatic nitrogens is 5. The molecule has 4 heterocycles. The first-order chi connectivity index (χ1) is 17.5. The van der Waals surface area contributed by atoms with Crippen LogP contribution in [0.15, 0.2) is 42.9 Å². The van der Waals surface area contributed by atoms with E-state index in [0.29, 0.717) is 18.4 Å². The van der Waals surface area contributed by atoms with E-state index in [2.05, 4.69) is 62.3 Å². The molecule has 180 valence electrons. The minimum Gasteiger partial charge on any atom is -0.348 e. The lowest BCUT2D eigenvalue weighted by molar-refractivity contribution is 0.0966. The quantitative estimate of drug-likeness (QED) is 0.391. The fourth-order valence-electron chi connectivity index (χ4n) is 6.08. The molecule has 0 atom stereocenters. The van der Waals surface area contributed by atoms with Crippen molar-refractivity contribution < 1.29 is 4.79 Å². The summed E-state index contributed by atoms with van der Waals surface area (Å²) >= 11 is 0. The van der Waals surface area contributed by atoms with Crippen molar-refractivity contribution >= 4 is 39.3 Å². The van der Waals surface area contributed by atoms with E-state index in [4.69, 9.17) is 0 Å². The Labute approximate surface area is 208 Å². The van der Waals surface area contributed by atoms with Gasteiger partial charge in [-0.1, -0.05) is 13.8 Å². The minimum atomic E-state index is 0.0107. The highest BCUT2D eigenvalue weighted by atomic mass is 16.1. The number of hydrogen-bond acceptors (Lipinski definition) is 5. The van der Waals surface area contributed by atoms with Crippen molar-refractivity contribution in [3.63, 3.8) is 0 Å². The minimum absolute atomic E-state index is 0.0107. The SMILES string of the molecule is CC(C)Cn1c2ccc(Nc3ncccn3)cc2c2c3c(c4c(c21)CCc1c-4cnn1C)C(=O)NC3. The van der Waals surface area contributed by atoms with Gasteiger partial charge < -0.3 is 15.2 Å². The molecule has 36 heavy (non-hydrogen) atoms. The van der Waals surface area contributed by atoms with E-state index >= 15 is 0 Å². The zero-order valence-corrected chi connectivity index (χ0v) is 20.6. The summed E-state index contributed by atoms with van der Waals surface area (Å²) in [7, 11) is 1.99. The van der Waals surface area contributed by atoms with Gasteiger partial charge in [0, 0.05) is 71.3 Å². The van der Waals surface area contributed by atoms with Gasteiger partial charge in [0.1, 0.15) is 0 Å². The average molecular weight is 478 g/mol. The number of anilines is 2. The van der Waals surface area contributed by atoms with Gasteiger partial charge in [-0.25, -0.2) is 9.97 Å². The second kappa shape index (κ2) is 7.65. The predicted molar refractivity (Wildman–Crippen MR) is 140 cm³/mol. The van der Waals surface area contributed by atoms with Gasteiger partial charge in [0.05, 0.1) is 17.3 Å². The smallest absolute Gasteiger partial charge is 0.252 e. The van der Waals surface area contributed by atoms with Crippen LogP contribution in [0, 0.1) is 5.92 Å². The van der Waals surface area contributed by atoms with Gasteiger partial charge in [-0.15, -0.1) is 0 Å². The Hall–Kier alpha value is -4.20. The first-order valence-corrected chi connectivity index (χ1v) is 12.5. The highest BCUT2D eigenvalue weighted by molar-refractivity contribution is 6.19. The van der Waals surface area contributed by atoms with E-state index in [9.17, 15) is 4.79 Å². The number of nitrogens with one attached hydrogen (secondary N) is 2. The number of amides is 1. The second-order valence-electron chi connectivity index (χ2n) is 10.2. The van der Waals surface area contributed by atoms with Gasteiger partial charge in [-0.2, -0.15) is 5.10 Å². The Morgan fingerprint density at radius 1 is 1.11 bits per heavy atom. The maximum absolute atomic E-state index is 13.3. The van der Waals surface area contributed by atoms with E-state index in [-0.39, 0.29) is 5.91 Å². The van der Waals surface area contributed by atoms with Crippen molar-refractivity contribution in [3.05, 3.63) is 65.2 Å². The number of carbonyl (C=O) groups excluding carboxylic acids is 1. The Morgan fingerprint density at radius 3 is 2.75 bits per heavy atom. The van der Waals surface area contributed by atoms with Crippen molar-refractivity contribution in [3.8, 4) is 11.1 Å². The van der Waals surface area contributed by atoms with Crippen molar-refractivity contribution in [1.29, 1.82) is 0 Å². The molecular formula is C28H27N7O. The van der Waals surface area contributed by atoms with Crippen LogP contribution in [0.25, 0.3) is 32.9 Å². The van der Waals surface area contributed by atoms with Crippen molar-refractivity contribution in [2.75, 3.05) is 5.32 Å². The molecule has 0 radical (unpaired) electrons. The zero-order chi connectivity index (χ0) is 24.6. The number of fused-ring (bicyclic) bond motifs is 10. The number of hydrogen-bond donors (Lipinski definition) is 2. The van der Waals surface area contributed by atoms with Gasteiger partial charge in [0.2, 0.25) is 5.95 Å². The van der Waals surface area contributed by atoms with E-state index in [0.717, 1.165) is 52.7 Å². The van der Waals surface area contributed by atoms with E-state index in [1.54, 1.807) is 18.5 Å². The Morgan fingerprint density at radius 2 is 1.94 bits per heavy atom. The molecule has 0 fully saturated rings. The molecule has 7 rings (SSSR count). The molecule has 1 aliphatic heterocycles. The number of benzene rings is 2. The molecule has 3 aromatic heterocycles. The molecule has 2 aliphatic rings. The van der Waals surface area contributed by atoms with Crippen LogP contribution >= 0.6 is 0 Å². The highest BCUT2D eigenvalue weighted by Gasteiger charge is 2.35. The molecule has 2 aromatic carbocycles. The topological polar surface area (TPSA) is 89.7 Å². The first-order valence-electron chi connectivity index (χ1n) is 12.5. The van der Waals surface area contributed by atoms with Gasteiger partial charge in [-0.3, -0.25) is 9.48 Å². The third-order valence-corrected chi connectivity index (χ3v) is 7.47. The summed E-state index contributed by atoms with van der Waals surface area (Å²) in [5, 5.41) is 13.3. The van der Waals surface area contributed by atoms with E-state index < -0.39 is 0 Å². The third-order valence-electron chi connectivity index (χ3n) is 7.47. The summed E-state index contributed by atoms with van der Waals surface area (Å²) in [5.41, 5.74) is 9.91. The molecule has 0 spiro atoms. The zero-order valence-electron chi connectivity index (χ0n) is 20.6. The third kappa shape index (κ3) is 2.93. The van der Waals surface area contributed by atoms with Crippen LogP contribution in [0.5, 0.6) is 0 Å². The van der Waals surface area contributed by atoms with Crippen LogP contribution in [-0.2, 0) is 33.0 Å². The number of aryl methyl sites for hydroxylation is 2. The molecule has 0 saturated heterocycles. The summed E-state index contributed by atoms with van der Waals surface area (Å²) in [4.78, 5) is 21.9. The highest BCUT2D eigenvalue weighted by Crippen LogP contribution is 2.47. The average Bonchev–Trinajstić information content (AvgIpc) is 3.53. The normalized spacial score (nSPS) is 14.3. The maximum Gasteiger partial charge on any atom is 0.252 e. The molecule has 0 bridgehead atoms. The van der Waals surface area contributed by atoms with Crippen LogP contribution in [0.3, 0.4) is 0 Å². The number of nitrogens with zero attached hydrogens (tertiary/aromatic N) is 5. The molecule has 8 nitrogen and oxygen atoms in total. The Balaban J connectivity index is 1.58. The number of carbonyl (C=O) groups is 1. The second-order valence-corrected chi connectivity index (χ2v) is 10.2. The summed E-state index contributed by atoms with van der Waals surface area (Å²) in [5.74, 6) is 1.04. The van der Waals surface area contributed by atoms with Crippen molar-refractivity contribution in [2.24, 2.45) is 13.0 Å². The Kier molecular flexibility index (Phi) is 4.49. The summed E-state index contributed by atoms with van der Waals surface area (Å²) in [6, 6.07) is 8.25. The van der Waals surface area contributed by atoms with Crippen LogP contribution in [0.2, 0.25) is 0 Å². The van der Waals surface area contributed by atoms with Gasteiger partial charge in [-0.05, 0) is 54.2 Å². The maximum atomic E-state index is 13.3. The van der Waals surface area contributed by atoms with E-state index in [1.807, 2.05) is 17.9 Å². The summed E-state index contributed by atoms with van der Waals surface area (Å²) in [6.07, 6.45) is 7.19. The molecule has 8 heteroatoms. The molecular weight excluding hydrogens is 450 g/mol. The van der Waals surface area contributed by atoms with E-state index in [1.165, 1.54) is 27.7 Å². The van der Waals surface area contributed by atoms with Crippen LogP contribution in [0.1, 0.15) is 41.0 Å². The van der Waals surface area contributed by atoms with Gasteiger partial charge in [0.25, 0.3) is 5.91 Å². The summed E-state index contributed by atoms with van der Waals surface area (Å²) < 4.78 is 4.43. The van der Waals surface area contributed by atoms with Crippen LogP contribution in [-0.4, -0.2) is 30.2 Å². The van der Waals surface area contributed by atoms with Crippen molar-refractivity contribution in [1.82, 2.24) is 29.6 Å². The number of rotatable bonds is 4. The van der Waals surface area contributed by atoms with Crippen molar-refractivity contribution in [2.45, 2.75) is 39.8 Å². The van der Waals surface area contributed by atoms with Gasteiger partial charge >= 0.3 is 0 Å². The van der Waals surface area contributed by atoms with Crippen LogP contribution < -0.4 is 10.6 Å². The molecule has 2 N–H and O–H groups in total. The van der Waals surface area contributed by atoms with Gasteiger partial charge in [0.15, 0.2) is 0 Å². The standard InChI is InChI=1S/C28H27N7O/c1-15(2)14-35-22-7-5-16(33-28-29-9-4-10-30-28)11-18(22)24-20-12-31-27(36)25(20)23-17(26(24)35)6-8-21-19(23)13-32-34(21)3/h4-5,7,9-11,13,15H,6,8,12,14H2,1-3H3,(H,31,36)(H,29,30,33). The molecule has 1 aliphatic carbocycles. The predicted octanol–water partition coefficient (Wildman–Crippen LogP) is 4.73.